The van der Waals surface area contributed by atoms with E-state index in [-0.39, 0.29) is 6.04 Å². The molecule has 12 heteroatoms. The molecule has 1 saturated heterocycles. The van der Waals surface area contributed by atoms with Gasteiger partial charge in [0.25, 0.3) is 0 Å². The molecule has 0 radical (unpaired) electrons. The van der Waals surface area contributed by atoms with E-state index in [1.54, 1.807) is 11.3 Å². The zero-order chi connectivity index (χ0) is 31.1. The number of aromatic nitrogens is 5. The van der Waals surface area contributed by atoms with E-state index in [9.17, 15) is 10.4 Å². The van der Waals surface area contributed by atoms with Crippen molar-refractivity contribution in [2.24, 2.45) is 0 Å². The normalized spacial score (nSPS) is 24.7. The Morgan fingerprint density at radius 3 is 2.71 bits per heavy atom. The molecule has 0 amide bonds. The zero-order valence-corrected chi connectivity index (χ0v) is 27.2. The average Bonchev–Trinajstić information content (AvgIpc) is 3.80. The maximum Gasteiger partial charge on any atom is 0.186 e. The van der Waals surface area contributed by atoms with E-state index in [4.69, 9.17) is 30.5 Å². The second kappa shape index (κ2) is 10.5. The molecule has 0 bridgehead atoms. The van der Waals surface area contributed by atoms with Crippen LogP contribution in [0.3, 0.4) is 0 Å². The number of hydrogen-bond donors (Lipinski definition) is 2. The van der Waals surface area contributed by atoms with Crippen LogP contribution in [-0.4, -0.2) is 73.7 Å². The van der Waals surface area contributed by atoms with Crippen molar-refractivity contribution in [3.05, 3.63) is 33.5 Å². The van der Waals surface area contributed by atoms with Crippen LogP contribution in [0.2, 0.25) is 0 Å². The van der Waals surface area contributed by atoms with Crippen molar-refractivity contribution in [3.63, 3.8) is 0 Å². The van der Waals surface area contributed by atoms with Gasteiger partial charge < -0.3 is 25.2 Å². The molecule has 4 aromatic rings. The number of aryl methyl sites for hydroxylation is 1. The van der Waals surface area contributed by atoms with Crippen LogP contribution in [0.15, 0.2) is 10.7 Å². The fraction of sp³-hybridized carbons (Fsp3) is 0.606. The number of likely N-dealkylation sites (N-methyl/N-ethyl adjacent to an activating group) is 2. The van der Waals surface area contributed by atoms with Gasteiger partial charge in [-0.05, 0) is 96.7 Å². The van der Waals surface area contributed by atoms with E-state index in [0.29, 0.717) is 34.7 Å². The molecule has 0 unspecified atom stereocenters. The lowest BCUT2D eigenvalue weighted by molar-refractivity contribution is -0.0247. The molecule has 2 fully saturated rings. The highest BCUT2D eigenvalue weighted by Gasteiger charge is 2.49. The SMILES string of the molecule is C[C@@H]([C@@H]1CCCN1C)n1ncc2c(N(C)CC3(O)CCC3)nc(-c3noc4c3CCC[C@@]43CCCc4sc(N)c(C#N)c43)nc21. The first-order valence-corrected chi connectivity index (χ1v) is 17.2. The number of likely N-dealkylation sites (tertiary alicyclic amines) is 1. The van der Waals surface area contributed by atoms with E-state index in [2.05, 4.69) is 34.5 Å². The van der Waals surface area contributed by atoms with Crippen molar-refractivity contribution in [1.29, 1.82) is 5.26 Å². The summed E-state index contributed by atoms with van der Waals surface area (Å²) in [6.07, 6.45) is 12.3. The van der Waals surface area contributed by atoms with Gasteiger partial charge in [-0.15, -0.1) is 11.3 Å². The number of aliphatic hydroxyl groups is 1. The maximum atomic E-state index is 11.1. The van der Waals surface area contributed by atoms with Crippen molar-refractivity contribution >= 4 is 33.2 Å². The Morgan fingerprint density at radius 2 is 2.00 bits per heavy atom. The number of thiophene rings is 1. The molecule has 1 saturated carbocycles. The van der Waals surface area contributed by atoms with Crippen LogP contribution in [0.1, 0.15) is 98.1 Å². The summed E-state index contributed by atoms with van der Waals surface area (Å²) in [6.45, 7) is 3.80. The van der Waals surface area contributed by atoms with Crippen LogP contribution < -0.4 is 10.6 Å². The molecule has 1 aliphatic heterocycles. The Balaban J connectivity index is 1.28. The summed E-state index contributed by atoms with van der Waals surface area (Å²) >= 11 is 1.55. The third-order valence-corrected chi connectivity index (χ3v) is 12.3. The molecule has 236 valence electrons. The predicted molar refractivity (Wildman–Crippen MR) is 173 cm³/mol. The number of nitriles is 1. The molecule has 1 spiro atoms. The van der Waals surface area contributed by atoms with Crippen LogP contribution >= 0.6 is 11.3 Å². The van der Waals surface area contributed by atoms with E-state index in [1.807, 2.05) is 13.2 Å². The highest BCUT2D eigenvalue weighted by atomic mass is 32.1. The van der Waals surface area contributed by atoms with Crippen LogP contribution in [0.25, 0.3) is 22.6 Å². The number of anilines is 2. The topological polar surface area (TPSA) is 146 Å². The quantitative estimate of drug-likeness (QED) is 0.301. The molecule has 45 heavy (non-hydrogen) atoms. The minimum atomic E-state index is -0.707. The number of fused-ring (bicyclic) bond motifs is 5. The lowest BCUT2D eigenvalue weighted by Crippen LogP contribution is -2.47. The molecule has 4 aliphatic rings. The first kappa shape index (κ1) is 28.9. The molecule has 3 N–H and O–H groups in total. The molecule has 11 nitrogen and oxygen atoms in total. The molecule has 3 atom stereocenters. The molecule has 4 aromatic heterocycles. The van der Waals surface area contributed by atoms with Crippen molar-refractivity contribution in [1.82, 2.24) is 29.8 Å². The van der Waals surface area contributed by atoms with E-state index in [1.165, 1.54) is 11.3 Å². The summed E-state index contributed by atoms with van der Waals surface area (Å²) < 4.78 is 8.37. The Bertz CT molecular complexity index is 1830. The summed E-state index contributed by atoms with van der Waals surface area (Å²) in [7, 11) is 4.18. The lowest BCUT2D eigenvalue weighted by atomic mass is 9.63. The van der Waals surface area contributed by atoms with Crippen LogP contribution in [-0.2, 0) is 18.3 Å². The van der Waals surface area contributed by atoms with Crippen molar-refractivity contribution < 1.29 is 9.63 Å². The first-order valence-electron chi connectivity index (χ1n) is 16.4. The van der Waals surface area contributed by atoms with Gasteiger partial charge >= 0.3 is 0 Å². The Morgan fingerprint density at radius 1 is 1.20 bits per heavy atom. The van der Waals surface area contributed by atoms with Gasteiger partial charge in [-0.2, -0.15) is 10.4 Å². The Hall–Kier alpha value is -3.53. The predicted octanol–water partition coefficient (Wildman–Crippen LogP) is 4.96. The molecule has 5 heterocycles. The van der Waals surface area contributed by atoms with Gasteiger partial charge in [0.2, 0.25) is 0 Å². The van der Waals surface area contributed by atoms with Gasteiger partial charge in [0.1, 0.15) is 16.9 Å². The minimum Gasteiger partial charge on any atom is -0.389 e. The largest absolute Gasteiger partial charge is 0.389 e. The number of nitrogen functional groups attached to an aromatic ring is 1. The zero-order valence-electron chi connectivity index (χ0n) is 26.3. The average molecular weight is 628 g/mol. The molecule has 8 rings (SSSR count). The van der Waals surface area contributed by atoms with Crippen molar-refractivity contribution in [2.45, 2.75) is 101 Å². The van der Waals surface area contributed by atoms with Gasteiger partial charge in [-0.3, -0.25) is 0 Å². The molecule has 3 aliphatic carbocycles. The van der Waals surface area contributed by atoms with Crippen LogP contribution in [0.5, 0.6) is 0 Å². The minimum absolute atomic E-state index is 0.121. The van der Waals surface area contributed by atoms with Gasteiger partial charge in [0.15, 0.2) is 22.9 Å². The fourth-order valence-electron chi connectivity index (χ4n) is 8.79. The van der Waals surface area contributed by atoms with Crippen molar-refractivity contribution in [3.8, 4) is 17.6 Å². The third-order valence-electron chi connectivity index (χ3n) is 11.2. The number of hydrogen-bond acceptors (Lipinski definition) is 11. The highest BCUT2D eigenvalue weighted by Crippen LogP contribution is 2.55. The Labute approximate surface area is 267 Å². The fourth-order valence-corrected chi connectivity index (χ4v) is 9.95. The number of nitrogens with two attached hydrogens (primary N) is 1. The maximum absolute atomic E-state index is 11.1. The van der Waals surface area contributed by atoms with Gasteiger partial charge in [0, 0.05) is 30.1 Å². The number of rotatable bonds is 6. The second-order valence-corrected chi connectivity index (χ2v) is 15.1. The van der Waals surface area contributed by atoms with Gasteiger partial charge in [-0.25, -0.2) is 14.6 Å². The molecule has 0 aromatic carbocycles. The molecular weight excluding hydrogens is 586 g/mol. The van der Waals surface area contributed by atoms with E-state index in [0.717, 1.165) is 104 Å². The Kier molecular flexibility index (Phi) is 6.75. The van der Waals surface area contributed by atoms with Crippen LogP contribution in [0.4, 0.5) is 10.8 Å². The number of nitrogens with zero attached hydrogens (tertiary/aromatic N) is 8. The third kappa shape index (κ3) is 4.34. The highest BCUT2D eigenvalue weighted by molar-refractivity contribution is 7.16. The van der Waals surface area contributed by atoms with Gasteiger partial charge in [-0.1, -0.05) is 5.16 Å². The first-order chi connectivity index (χ1) is 21.7. The summed E-state index contributed by atoms with van der Waals surface area (Å²) in [5.74, 6) is 2.10. The van der Waals surface area contributed by atoms with E-state index >= 15 is 0 Å². The lowest BCUT2D eigenvalue weighted by Gasteiger charge is -2.40. The van der Waals surface area contributed by atoms with Gasteiger partial charge in [0.05, 0.1) is 34.2 Å². The second-order valence-electron chi connectivity index (χ2n) is 13.9. The van der Waals surface area contributed by atoms with Crippen molar-refractivity contribution in [2.75, 3.05) is 37.8 Å². The summed E-state index contributed by atoms with van der Waals surface area (Å²) in [6, 6.07) is 2.90. The summed E-state index contributed by atoms with van der Waals surface area (Å²) in [4.78, 5) is 16.0. The van der Waals surface area contributed by atoms with E-state index < -0.39 is 11.0 Å². The summed E-state index contributed by atoms with van der Waals surface area (Å²) in [5, 5.41) is 32.3. The smallest absolute Gasteiger partial charge is 0.186 e. The monoisotopic (exact) mass is 627 g/mol. The standard InChI is InChI=1S/C33H41N9O2S/c1-19(23-9-6-15-40(23)2)42-31-22(17-36-42)30(41(3)18-32(43)11-7-12-32)37-29(38-31)26-20-8-4-13-33(27(20)44-39-26)14-5-10-24-25(33)21(16-34)28(35)45-24/h17,19,23,43H,4-15,18,35H2,1-3H3/t19-,23-,33-/m0/s1. The molecular formula is C33H41N9O2S. The summed E-state index contributed by atoms with van der Waals surface area (Å²) in [5.41, 5.74) is 9.38. The van der Waals surface area contributed by atoms with Crippen LogP contribution in [0, 0.1) is 11.3 Å².